The number of esters is 1. The predicted octanol–water partition coefficient (Wildman–Crippen LogP) is 2.40. The fourth-order valence-electron chi connectivity index (χ4n) is 1.24. The largest absolute Gasteiger partial charge is 0.435 e. The van der Waals surface area contributed by atoms with Gasteiger partial charge in [0, 0.05) is 13.0 Å². The number of hydrogen-bond acceptors (Lipinski definition) is 3. The first-order valence-corrected chi connectivity index (χ1v) is 5.22. The fraction of sp³-hybridized carbons (Fsp3) is 0.727. The summed E-state index contributed by atoms with van der Waals surface area (Å²) in [5.41, 5.74) is 0. The van der Waals surface area contributed by atoms with Crippen molar-refractivity contribution in [3.05, 3.63) is 12.8 Å². The van der Waals surface area contributed by atoms with Crippen molar-refractivity contribution in [3.63, 3.8) is 0 Å². The van der Waals surface area contributed by atoms with Gasteiger partial charge in [-0.05, 0) is 12.8 Å². The molecule has 0 aromatic rings. The highest BCUT2D eigenvalue weighted by atomic mass is 16.5. The van der Waals surface area contributed by atoms with Crippen LogP contribution in [-0.4, -0.2) is 17.7 Å². The van der Waals surface area contributed by atoms with Gasteiger partial charge in [-0.25, -0.2) is 0 Å². The number of hydrogen-bond donors (Lipinski definition) is 1. The van der Waals surface area contributed by atoms with Crippen molar-refractivity contribution in [1.29, 1.82) is 0 Å². The number of rotatable bonds is 9. The Bertz CT molecular complexity index is 155. The summed E-state index contributed by atoms with van der Waals surface area (Å²) in [6.45, 7) is 3.60. The highest BCUT2D eigenvalue weighted by Gasteiger charge is 1.99. The maximum atomic E-state index is 10.9. The van der Waals surface area contributed by atoms with Gasteiger partial charge in [0.15, 0.2) is 0 Å². The number of carbonyl (C=O) groups excluding carboxylic acids is 1. The van der Waals surface area contributed by atoms with E-state index in [4.69, 9.17) is 5.11 Å². The molecule has 0 aliphatic carbocycles. The second-order valence-electron chi connectivity index (χ2n) is 3.25. The van der Waals surface area contributed by atoms with Gasteiger partial charge < -0.3 is 9.84 Å². The van der Waals surface area contributed by atoms with E-state index in [0.29, 0.717) is 6.42 Å². The van der Waals surface area contributed by atoms with E-state index in [0.717, 1.165) is 38.5 Å². The van der Waals surface area contributed by atoms with Crippen LogP contribution in [0.2, 0.25) is 0 Å². The standard InChI is InChI=1S/C11H20O3/c1-2-14-11(13)9-7-5-3-4-6-8-10-12/h2,12H,1,3-10H2. The molecule has 3 heteroatoms. The third-order valence-electron chi connectivity index (χ3n) is 2.00. The maximum Gasteiger partial charge on any atom is 0.310 e. The molecule has 0 saturated heterocycles. The van der Waals surface area contributed by atoms with Gasteiger partial charge in [-0.15, -0.1) is 0 Å². The summed E-state index contributed by atoms with van der Waals surface area (Å²) < 4.78 is 4.58. The van der Waals surface area contributed by atoms with Crippen LogP contribution in [-0.2, 0) is 9.53 Å². The normalized spacial score (nSPS) is 9.79. The Morgan fingerprint density at radius 2 is 1.71 bits per heavy atom. The first-order chi connectivity index (χ1) is 6.81. The van der Waals surface area contributed by atoms with Crippen LogP contribution in [0, 0.1) is 0 Å². The minimum absolute atomic E-state index is 0.199. The molecule has 0 heterocycles. The molecule has 82 valence electrons. The molecular weight excluding hydrogens is 180 g/mol. The van der Waals surface area contributed by atoms with Gasteiger partial charge in [0.2, 0.25) is 0 Å². The molecule has 0 spiro atoms. The van der Waals surface area contributed by atoms with Gasteiger partial charge >= 0.3 is 5.97 Å². The molecule has 0 aromatic heterocycles. The third kappa shape index (κ3) is 9.26. The molecule has 0 atom stereocenters. The molecule has 0 unspecified atom stereocenters. The monoisotopic (exact) mass is 200 g/mol. The quantitative estimate of drug-likeness (QED) is 0.353. The van der Waals surface area contributed by atoms with Crippen LogP contribution >= 0.6 is 0 Å². The number of carbonyl (C=O) groups is 1. The molecule has 14 heavy (non-hydrogen) atoms. The van der Waals surface area contributed by atoms with Crippen molar-refractivity contribution in [1.82, 2.24) is 0 Å². The van der Waals surface area contributed by atoms with E-state index in [-0.39, 0.29) is 12.6 Å². The van der Waals surface area contributed by atoms with Gasteiger partial charge in [-0.3, -0.25) is 4.79 Å². The van der Waals surface area contributed by atoms with Crippen LogP contribution in [0.1, 0.15) is 44.9 Å². The van der Waals surface area contributed by atoms with Gasteiger partial charge in [-0.1, -0.05) is 32.3 Å². The van der Waals surface area contributed by atoms with Crippen molar-refractivity contribution >= 4 is 5.97 Å². The molecule has 3 nitrogen and oxygen atoms in total. The van der Waals surface area contributed by atoms with Crippen molar-refractivity contribution in [2.75, 3.05) is 6.61 Å². The lowest BCUT2D eigenvalue weighted by Crippen LogP contribution is -1.98. The summed E-state index contributed by atoms with van der Waals surface area (Å²) in [6.07, 6.45) is 7.81. The van der Waals surface area contributed by atoms with Crippen LogP contribution < -0.4 is 0 Å². The molecule has 0 rings (SSSR count). The Labute approximate surface area is 85.8 Å². The summed E-state index contributed by atoms with van der Waals surface area (Å²) in [5.74, 6) is -0.199. The molecule has 0 radical (unpaired) electrons. The van der Waals surface area contributed by atoms with Crippen molar-refractivity contribution < 1.29 is 14.6 Å². The summed E-state index contributed by atoms with van der Waals surface area (Å²) in [4.78, 5) is 10.9. The molecule has 0 fully saturated rings. The summed E-state index contributed by atoms with van der Waals surface area (Å²) in [5, 5.41) is 8.53. The Kier molecular flexibility index (Phi) is 9.64. The minimum atomic E-state index is -0.199. The molecule has 0 saturated carbocycles. The number of unbranched alkanes of at least 4 members (excludes halogenated alkanes) is 5. The van der Waals surface area contributed by atoms with E-state index in [2.05, 4.69) is 11.3 Å². The summed E-state index contributed by atoms with van der Waals surface area (Å²) in [7, 11) is 0. The fourth-order valence-corrected chi connectivity index (χ4v) is 1.24. The van der Waals surface area contributed by atoms with E-state index in [9.17, 15) is 4.79 Å². The zero-order valence-electron chi connectivity index (χ0n) is 8.71. The van der Waals surface area contributed by atoms with Crippen molar-refractivity contribution in [2.45, 2.75) is 44.9 Å². The Morgan fingerprint density at radius 1 is 1.14 bits per heavy atom. The van der Waals surface area contributed by atoms with Crippen LogP contribution in [0.5, 0.6) is 0 Å². The van der Waals surface area contributed by atoms with Crippen molar-refractivity contribution in [3.8, 4) is 0 Å². The Hall–Kier alpha value is -0.830. The lowest BCUT2D eigenvalue weighted by Gasteiger charge is -2.00. The van der Waals surface area contributed by atoms with Crippen LogP contribution in [0.15, 0.2) is 12.8 Å². The average Bonchev–Trinajstić information content (AvgIpc) is 2.17. The summed E-state index contributed by atoms with van der Waals surface area (Å²) in [6, 6.07) is 0. The zero-order chi connectivity index (χ0) is 10.6. The first kappa shape index (κ1) is 13.2. The highest BCUT2D eigenvalue weighted by molar-refractivity contribution is 5.69. The smallest absolute Gasteiger partial charge is 0.310 e. The molecular formula is C11H20O3. The van der Waals surface area contributed by atoms with Gasteiger partial charge in [-0.2, -0.15) is 0 Å². The number of ether oxygens (including phenoxy) is 1. The Morgan fingerprint density at radius 3 is 2.29 bits per heavy atom. The maximum absolute atomic E-state index is 10.9. The molecule has 0 aromatic carbocycles. The van der Waals surface area contributed by atoms with Crippen LogP contribution in [0.4, 0.5) is 0 Å². The molecule has 0 bridgehead atoms. The predicted molar refractivity (Wildman–Crippen MR) is 55.7 cm³/mol. The van der Waals surface area contributed by atoms with Gasteiger partial charge in [0.1, 0.15) is 0 Å². The van der Waals surface area contributed by atoms with Gasteiger partial charge in [0.25, 0.3) is 0 Å². The lowest BCUT2D eigenvalue weighted by molar-refractivity contribution is -0.138. The van der Waals surface area contributed by atoms with E-state index < -0.39 is 0 Å². The van der Waals surface area contributed by atoms with E-state index in [1.165, 1.54) is 6.26 Å². The van der Waals surface area contributed by atoms with Gasteiger partial charge in [0.05, 0.1) is 6.26 Å². The molecule has 0 aliphatic rings. The van der Waals surface area contributed by atoms with Crippen LogP contribution in [0.25, 0.3) is 0 Å². The van der Waals surface area contributed by atoms with Crippen molar-refractivity contribution in [2.24, 2.45) is 0 Å². The number of aliphatic hydroxyl groups excluding tert-OH is 1. The highest BCUT2D eigenvalue weighted by Crippen LogP contribution is 2.07. The lowest BCUT2D eigenvalue weighted by atomic mass is 10.1. The average molecular weight is 200 g/mol. The minimum Gasteiger partial charge on any atom is -0.435 e. The zero-order valence-corrected chi connectivity index (χ0v) is 8.71. The molecule has 0 amide bonds. The number of aliphatic hydroxyl groups is 1. The van der Waals surface area contributed by atoms with Crippen LogP contribution in [0.3, 0.4) is 0 Å². The summed E-state index contributed by atoms with van der Waals surface area (Å²) >= 11 is 0. The molecule has 0 aliphatic heterocycles. The topological polar surface area (TPSA) is 46.5 Å². The SMILES string of the molecule is C=COC(=O)CCCCCCCCO. The second kappa shape index (κ2) is 10.3. The first-order valence-electron chi connectivity index (χ1n) is 5.22. The van der Waals surface area contributed by atoms with E-state index in [1.807, 2.05) is 0 Å². The molecule has 1 N–H and O–H groups in total. The van der Waals surface area contributed by atoms with E-state index >= 15 is 0 Å². The van der Waals surface area contributed by atoms with E-state index in [1.54, 1.807) is 0 Å². The third-order valence-corrected chi connectivity index (χ3v) is 2.00. The Balaban J connectivity index is 3.05. The second-order valence-corrected chi connectivity index (χ2v) is 3.25.